The third-order valence-electron chi connectivity index (χ3n) is 3.92. The Bertz CT molecular complexity index is 937. The van der Waals surface area contributed by atoms with E-state index in [9.17, 15) is 12.8 Å². The first-order valence-electron chi connectivity index (χ1n) is 7.63. The number of hydrogen-bond acceptors (Lipinski definition) is 4. The lowest BCUT2D eigenvalue weighted by atomic mass is 9.99. The molecule has 0 radical (unpaired) electrons. The van der Waals surface area contributed by atoms with Crippen molar-refractivity contribution in [1.29, 1.82) is 0 Å². The van der Waals surface area contributed by atoms with E-state index in [4.69, 9.17) is 4.74 Å². The summed E-state index contributed by atoms with van der Waals surface area (Å²) < 4.78 is 44.6. The Kier molecular flexibility index (Phi) is 3.99. The van der Waals surface area contributed by atoms with Gasteiger partial charge in [-0.05, 0) is 50.2 Å². The second-order valence-corrected chi connectivity index (χ2v) is 8.18. The second-order valence-electron chi connectivity index (χ2n) is 6.43. The van der Waals surface area contributed by atoms with Crippen molar-refractivity contribution in [3.63, 3.8) is 0 Å². The molecule has 1 heterocycles. The molecule has 3 rings (SSSR count). The van der Waals surface area contributed by atoms with E-state index in [2.05, 4.69) is 11.3 Å². The van der Waals surface area contributed by atoms with Crippen molar-refractivity contribution < 1.29 is 17.5 Å². The summed E-state index contributed by atoms with van der Waals surface area (Å²) in [5, 5.41) is 0. The topological polar surface area (TPSA) is 58.6 Å². The van der Waals surface area contributed by atoms with E-state index in [1.54, 1.807) is 30.3 Å². The van der Waals surface area contributed by atoms with Gasteiger partial charge in [-0.2, -0.15) is 0 Å². The van der Waals surface area contributed by atoms with Crippen molar-refractivity contribution in [3.8, 4) is 5.75 Å². The molecule has 0 aromatic heterocycles. The van der Waals surface area contributed by atoms with Gasteiger partial charge in [0.2, 0.25) is 10.0 Å². The molecule has 1 aliphatic heterocycles. The van der Waals surface area contributed by atoms with Crippen molar-refractivity contribution in [2.24, 2.45) is 0 Å². The summed E-state index contributed by atoms with van der Waals surface area (Å²) in [6.45, 7) is 7.86. The van der Waals surface area contributed by atoms with Crippen LogP contribution in [0.25, 0.3) is 0 Å². The van der Waals surface area contributed by atoms with Gasteiger partial charge in [-0.3, -0.25) is 4.72 Å². The molecule has 0 unspecified atom stereocenters. The van der Waals surface area contributed by atoms with Crippen LogP contribution in [0.5, 0.6) is 5.75 Å². The molecule has 5 nitrogen and oxygen atoms in total. The third-order valence-corrected chi connectivity index (χ3v) is 4.53. The predicted molar refractivity (Wildman–Crippen MR) is 97.3 cm³/mol. The minimum atomic E-state index is -3.39. The lowest BCUT2D eigenvalue weighted by molar-refractivity contribution is 0.139. The van der Waals surface area contributed by atoms with Gasteiger partial charge in [0.05, 0.1) is 23.3 Å². The van der Waals surface area contributed by atoms with Gasteiger partial charge in [0.25, 0.3) is 0 Å². The minimum Gasteiger partial charge on any atom is -0.479 e. The summed E-state index contributed by atoms with van der Waals surface area (Å²) >= 11 is 0. The highest BCUT2D eigenvalue weighted by atomic mass is 32.2. The Morgan fingerprint density at radius 2 is 1.80 bits per heavy atom. The Morgan fingerprint density at radius 3 is 2.40 bits per heavy atom. The number of ether oxygens (including phenoxy) is 1. The molecule has 25 heavy (non-hydrogen) atoms. The maximum atomic E-state index is 13.3. The molecule has 1 N–H and O–H groups in total. The fourth-order valence-electron chi connectivity index (χ4n) is 2.69. The number of nitrogens with one attached hydrogen (secondary N) is 1. The number of rotatable bonds is 3. The number of sulfonamides is 1. The summed E-state index contributed by atoms with van der Waals surface area (Å²) in [5.74, 6) is 0.185. The van der Waals surface area contributed by atoms with Crippen LogP contribution in [0.1, 0.15) is 13.8 Å². The Balaban J connectivity index is 2.11. The van der Waals surface area contributed by atoms with Crippen molar-refractivity contribution in [2.75, 3.05) is 15.9 Å². The molecule has 0 atom stereocenters. The molecule has 0 saturated heterocycles. The molecule has 2 aromatic carbocycles. The van der Waals surface area contributed by atoms with E-state index in [1.807, 2.05) is 18.7 Å². The summed E-state index contributed by atoms with van der Waals surface area (Å²) in [6, 6.07) is 11.1. The van der Waals surface area contributed by atoms with Crippen LogP contribution < -0.4 is 14.4 Å². The van der Waals surface area contributed by atoms with Crippen LogP contribution in [-0.2, 0) is 10.0 Å². The van der Waals surface area contributed by atoms with Crippen molar-refractivity contribution >= 4 is 27.1 Å². The minimum absolute atomic E-state index is 0.324. The van der Waals surface area contributed by atoms with Crippen LogP contribution in [0.3, 0.4) is 0 Å². The SMILES string of the molecule is C=C1N(c2ccc(F)cc2)c2ccc(NS(C)(=O)=O)cc2OC1(C)C. The van der Waals surface area contributed by atoms with Crippen LogP contribution in [-0.4, -0.2) is 20.3 Å². The molecule has 0 amide bonds. The molecule has 0 spiro atoms. The fraction of sp³-hybridized carbons (Fsp3) is 0.222. The van der Waals surface area contributed by atoms with E-state index in [1.165, 1.54) is 12.1 Å². The molecule has 132 valence electrons. The van der Waals surface area contributed by atoms with E-state index >= 15 is 0 Å². The summed E-state index contributed by atoms with van der Waals surface area (Å²) in [7, 11) is -3.39. The summed E-state index contributed by atoms with van der Waals surface area (Å²) in [4.78, 5) is 1.88. The van der Waals surface area contributed by atoms with E-state index in [0.29, 0.717) is 22.8 Å². The number of hydrogen-bond donors (Lipinski definition) is 1. The Hall–Kier alpha value is -2.54. The highest BCUT2D eigenvalue weighted by Gasteiger charge is 2.36. The molecule has 2 aromatic rings. The maximum absolute atomic E-state index is 13.3. The average molecular weight is 362 g/mol. The quantitative estimate of drug-likeness (QED) is 0.896. The first kappa shape index (κ1) is 17.3. The summed E-state index contributed by atoms with van der Waals surface area (Å²) in [6.07, 6.45) is 1.09. The highest BCUT2D eigenvalue weighted by Crippen LogP contribution is 2.46. The van der Waals surface area contributed by atoms with Crippen molar-refractivity contribution in [2.45, 2.75) is 19.4 Å². The number of halogens is 1. The molecule has 0 saturated carbocycles. The van der Waals surface area contributed by atoms with Crippen LogP contribution in [0.2, 0.25) is 0 Å². The zero-order valence-electron chi connectivity index (χ0n) is 14.2. The van der Waals surface area contributed by atoms with E-state index in [0.717, 1.165) is 11.9 Å². The molecule has 7 heteroatoms. The number of nitrogens with zero attached hydrogens (tertiary/aromatic N) is 1. The smallest absolute Gasteiger partial charge is 0.229 e. The van der Waals surface area contributed by atoms with Gasteiger partial charge in [0.15, 0.2) is 0 Å². The van der Waals surface area contributed by atoms with Gasteiger partial charge in [0, 0.05) is 11.8 Å². The highest BCUT2D eigenvalue weighted by molar-refractivity contribution is 7.92. The van der Waals surface area contributed by atoms with Gasteiger partial charge in [-0.25, -0.2) is 12.8 Å². The molecular weight excluding hydrogens is 343 g/mol. The van der Waals surface area contributed by atoms with E-state index in [-0.39, 0.29) is 5.82 Å². The van der Waals surface area contributed by atoms with Gasteiger partial charge >= 0.3 is 0 Å². The first-order valence-corrected chi connectivity index (χ1v) is 9.52. The molecule has 0 fully saturated rings. The van der Waals surface area contributed by atoms with Crippen LogP contribution in [0, 0.1) is 5.82 Å². The number of fused-ring (bicyclic) bond motifs is 1. The number of anilines is 3. The third kappa shape index (κ3) is 3.46. The second kappa shape index (κ2) is 5.77. The summed E-state index contributed by atoms with van der Waals surface area (Å²) in [5.41, 5.74) is 1.83. The molecule has 1 aliphatic rings. The average Bonchev–Trinajstić information content (AvgIpc) is 2.48. The van der Waals surface area contributed by atoms with Crippen molar-refractivity contribution in [3.05, 3.63) is 60.6 Å². The van der Waals surface area contributed by atoms with Crippen molar-refractivity contribution in [1.82, 2.24) is 0 Å². The van der Waals surface area contributed by atoms with E-state index < -0.39 is 15.6 Å². The lowest BCUT2D eigenvalue weighted by Crippen LogP contribution is -2.42. The zero-order valence-corrected chi connectivity index (χ0v) is 15.0. The predicted octanol–water partition coefficient (Wildman–Crippen LogP) is 4.02. The Labute approximate surface area is 146 Å². The monoisotopic (exact) mass is 362 g/mol. The van der Waals surface area contributed by atoms with Gasteiger partial charge in [-0.15, -0.1) is 0 Å². The molecule has 0 bridgehead atoms. The number of benzene rings is 2. The zero-order chi connectivity index (χ0) is 18.4. The van der Waals surface area contributed by atoms with Crippen LogP contribution in [0.4, 0.5) is 21.5 Å². The standard InChI is InChI=1S/C18H19FN2O3S/c1-12-18(2,3)24-17-11-14(20-25(4,22)23)7-10-16(17)21(12)15-8-5-13(19)6-9-15/h5-11,20H,1H2,2-4H3. The largest absolute Gasteiger partial charge is 0.479 e. The molecular formula is C18H19FN2O3S. The maximum Gasteiger partial charge on any atom is 0.229 e. The van der Waals surface area contributed by atoms with Gasteiger partial charge in [0.1, 0.15) is 17.2 Å². The first-order chi connectivity index (χ1) is 11.6. The van der Waals surface area contributed by atoms with Crippen LogP contribution in [0.15, 0.2) is 54.7 Å². The van der Waals surface area contributed by atoms with Crippen LogP contribution >= 0.6 is 0 Å². The van der Waals surface area contributed by atoms with Gasteiger partial charge < -0.3 is 9.64 Å². The Morgan fingerprint density at radius 1 is 1.16 bits per heavy atom. The normalized spacial score (nSPS) is 16.2. The lowest BCUT2D eigenvalue weighted by Gasteiger charge is -2.42. The fourth-order valence-corrected chi connectivity index (χ4v) is 3.25. The van der Waals surface area contributed by atoms with Gasteiger partial charge in [-0.1, -0.05) is 6.58 Å². The molecule has 0 aliphatic carbocycles.